The molecule has 0 aliphatic carbocycles. The van der Waals surface area contributed by atoms with E-state index in [4.69, 9.17) is 5.73 Å². The maximum atomic E-state index is 5.57. The number of benzene rings is 2. The van der Waals surface area contributed by atoms with Gasteiger partial charge in [0.15, 0.2) is 0 Å². The first kappa shape index (κ1) is 13.8. The summed E-state index contributed by atoms with van der Waals surface area (Å²) < 4.78 is 0. The molecule has 1 heteroatoms. The van der Waals surface area contributed by atoms with Crippen LogP contribution in [0.4, 0.5) is 0 Å². The summed E-state index contributed by atoms with van der Waals surface area (Å²) in [5, 5.41) is 0. The molecule has 0 aliphatic heterocycles. The average Bonchev–Trinajstić information content (AvgIpc) is 2.42. The molecule has 2 rings (SSSR count). The first-order chi connectivity index (χ1) is 9.11. The summed E-state index contributed by atoms with van der Waals surface area (Å²) in [6.07, 6.45) is 1.97. The first-order valence-corrected chi connectivity index (χ1v) is 6.95. The Morgan fingerprint density at radius 1 is 0.789 bits per heavy atom. The van der Waals surface area contributed by atoms with Crippen molar-refractivity contribution < 1.29 is 0 Å². The summed E-state index contributed by atoms with van der Waals surface area (Å²) in [6, 6.07) is 13.3. The Labute approximate surface area is 116 Å². The SMILES string of the molecule is Cc1ccc(Cc2ccc(CCN)cc2)c(C)c1C. The van der Waals surface area contributed by atoms with Gasteiger partial charge in [0.25, 0.3) is 0 Å². The lowest BCUT2D eigenvalue weighted by Gasteiger charge is -2.11. The molecule has 0 amide bonds. The van der Waals surface area contributed by atoms with Gasteiger partial charge in [-0.3, -0.25) is 0 Å². The van der Waals surface area contributed by atoms with Crippen LogP contribution in [0.3, 0.4) is 0 Å². The van der Waals surface area contributed by atoms with E-state index in [0.717, 1.165) is 19.4 Å². The Hall–Kier alpha value is -1.60. The lowest BCUT2D eigenvalue weighted by molar-refractivity contribution is 0.966. The molecular formula is C18H23N. The molecule has 100 valence electrons. The molecule has 0 aliphatic rings. The van der Waals surface area contributed by atoms with E-state index in [-0.39, 0.29) is 0 Å². The number of aryl methyl sites for hydroxylation is 1. The third kappa shape index (κ3) is 3.24. The summed E-state index contributed by atoms with van der Waals surface area (Å²) in [4.78, 5) is 0. The van der Waals surface area contributed by atoms with Crippen LogP contribution in [0.15, 0.2) is 36.4 Å². The molecule has 0 radical (unpaired) electrons. The van der Waals surface area contributed by atoms with Gasteiger partial charge in [0.1, 0.15) is 0 Å². The van der Waals surface area contributed by atoms with E-state index in [9.17, 15) is 0 Å². The second-order valence-electron chi connectivity index (χ2n) is 5.32. The zero-order valence-corrected chi connectivity index (χ0v) is 12.2. The van der Waals surface area contributed by atoms with Crippen LogP contribution in [-0.4, -0.2) is 6.54 Å². The van der Waals surface area contributed by atoms with Gasteiger partial charge in [0.2, 0.25) is 0 Å². The third-order valence-electron chi connectivity index (χ3n) is 4.02. The van der Waals surface area contributed by atoms with Gasteiger partial charge in [0.05, 0.1) is 0 Å². The Morgan fingerprint density at radius 2 is 1.42 bits per heavy atom. The third-order valence-corrected chi connectivity index (χ3v) is 4.02. The second-order valence-corrected chi connectivity index (χ2v) is 5.32. The molecule has 0 unspecified atom stereocenters. The molecule has 0 saturated heterocycles. The van der Waals surface area contributed by atoms with E-state index in [0.29, 0.717) is 0 Å². The number of hydrogen-bond acceptors (Lipinski definition) is 1. The topological polar surface area (TPSA) is 26.0 Å². The van der Waals surface area contributed by atoms with Gasteiger partial charge in [0, 0.05) is 0 Å². The van der Waals surface area contributed by atoms with Gasteiger partial charge < -0.3 is 5.73 Å². The zero-order valence-electron chi connectivity index (χ0n) is 12.2. The van der Waals surface area contributed by atoms with Crippen molar-refractivity contribution in [1.29, 1.82) is 0 Å². The first-order valence-electron chi connectivity index (χ1n) is 6.95. The molecule has 2 aromatic carbocycles. The van der Waals surface area contributed by atoms with Crippen molar-refractivity contribution in [3.63, 3.8) is 0 Å². The minimum atomic E-state index is 0.718. The highest BCUT2D eigenvalue weighted by Gasteiger charge is 2.04. The molecule has 0 aromatic heterocycles. The van der Waals surface area contributed by atoms with Gasteiger partial charge in [-0.05, 0) is 73.5 Å². The maximum absolute atomic E-state index is 5.57. The molecule has 0 atom stereocenters. The van der Waals surface area contributed by atoms with Crippen molar-refractivity contribution in [1.82, 2.24) is 0 Å². The largest absolute Gasteiger partial charge is 0.330 e. The molecule has 0 fully saturated rings. The van der Waals surface area contributed by atoms with Crippen LogP contribution >= 0.6 is 0 Å². The minimum Gasteiger partial charge on any atom is -0.330 e. The average molecular weight is 253 g/mol. The lowest BCUT2D eigenvalue weighted by atomic mass is 9.94. The van der Waals surface area contributed by atoms with Crippen LogP contribution in [0.25, 0.3) is 0 Å². The van der Waals surface area contributed by atoms with E-state index in [1.165, 1.54) is 33.4 Å². The van der Waals surface area contributed by atoms with Crippen LogP contribution < -0.4 is 5.73 Å². The Balaban J connectivity index is 2.19. The van der Waals surface area contributed by atoms with Gasteiger partial charge >= 0.3 is 0 Å². The second kappa shape index (κ2) is 6.03. The molecule has 0 spiro atoms. The highest BCUT2D eigenvalue weighted by Crippen LogP contribution is 2.20. The monoisotopic (exact) mass is 253 g/mol. The van der Waals surface area contributed by atoms with Crippen molar-refractivity contribution in [3.05, 3.63) is 69.8 Å². The van der Waals surface area contributed by atoms with Crippen LogP contribution in [-0.2, 0) is 12.8 Å². The Morgan fingerprint density at radius 3 is 2.05 bits per heavy atom. The van der Waals surface area contributed by atoms with Crippen molar-refractivity contribution in [3.8, 4) is 0 Å². The van der Waals surface area contributed by atoms with E-state index in [2.05, 4.69) is 57.2 Å². The normalized spacial score (nSPS) is 10.7. The predicted octanol–water partition coefficient (Wildman–Crippen LogP) is 3.70. The van der Waals surface area contributed by atoms with E-state index in [1.54, 1.807) is 0 Å². The summed E-state index contributed by atoms with van der Waals surface area (Å²) in [5.74, 6) is 0. The van der Waals surface area contributed by atoms with Crippen molar-refractivity contribution in [2.75, 3.05) is 6.54 Å². The molecule has 1 nitrogen and oxygen atoms in total. The molecular weight excluding hydrogens is 230 g/mol. The van der Waals surface area contributed by atoms with Crippen molar-refractivity contribution in [2.45, 2.75) is 33.6 Å². The summed E-state index contributed by atoms with van der Waals surface area (Å²) in [7, 11) is 0. The number of hydrogen-bond donors (Lipinski definition) is 1. The highest BCUT2D eigenvalue weighted by atomic mass is 14.5. The predicted molar refractivity (Wildman–Crippen MR) is 82.7 cm³/mol. The van der Waals surface area contributed by atoms with E-state index >= 15 is 0 Å². The van der Waals surface area contributed by atoms with Crippen LogP contribution in [0.5, 0.6) is 0 Å². The van der Waals surface area contributed by atoms with Crippen LogP contribution in [0, 0.1) is 20.8 Å². The molecule has 2 aromatic rings. The molecule has 0 bridgehead atoms. The smallest absolute Gasteiger partial charge is 0.00230 e. The minimum absolute atomic E-state index is 0.718. The molecule has 0 heterocycles. The molecule has 19 heavy (non-hydrogen) atoms. The Kier molecular flexibility index (Phi) is 4.39. The summed E-state index contributed by atoms with van der Waals surface area (Å²) in [5.41, 5.74) is 13.9. The fourth-order valence-corrected chi connectivity index (χ4v) is 2.41. The number of nitrogens with two attached hydrogens (primary N) is 1. The van der Waals surface area contributed by atoms with Crippen molar-refractivity contribution >= 4 is 0 Å². The quantitative estimate of drug-likeness (QED) is 0.883. The fraction of sp³-hybridized carbons (Fsp3) is 0.333. The van der Waals surface area contributed by atoms with Crippen molar-refractivity contribution in [2.24, 2.45) is 5.73 Å². The van der Waals surface area contributed by atoms with Gasteiger partial charge in [-0.25, -0.2) is 0 Å². The van der Waals surface area contributed by atoms with Gasteiger partial charge in [-0.2, -0.15) is 0 Å². The maximum Gasteiger partial charge on any atom is -0.00230 e. The molecule has 2 N–H and O–H groups in total. The lowest BCUT2D eigenvalue weighted by Crippen LogP contribution is -2.02. The summed E-state index contributed by atoms with van der Waals surface area (Å²) in [6.45, 7) is 7.32. The standard InChI is InChI=1S/C18H23N/c1-13-4-9-18(15(3)14(13)2)12-17-7-5-16(6-8-17)10-11-19/h4-9H,10-12,19H2,1-3H3. The van der Waals surface area contributed by atoms with Crippen LogP contribution in [0.1, 0.15) is 33.4 Å². The number of rotatable bonds is 4. The fourth-order valence-electron chi connectivity index (χ4n) is 2.41. The van der Waals surface area contributed by atoms with Gasteiger partial charge in [-0.15, -0.1) is 0 Å². The van der Waals surface area contributed by atoms with Crippen LogP contribution in [0.2, 0.25) is 0 Å². The van der Waals surface area contributed by atoms with E-state index in [1.807, 2.05) is 0 Å². The van der Waals surface area contributed by atoms with Gasteiger partial charge in [-0.1, -0.05) is 36.4 Å². The highest BCUT2D eigenvalue weighted by molar-refractivity contribution is 5.41. The Bertz CT molecular complexity index is 553. The molecule has 0 saturated carbocycles. The summed E-state index contributed by atoms with van der Waals surface area (Å²) >= 11 is 0. The van der Waals surface area contributed by atoms with E-state index < -0.39 is 0 Å². The zero-order chi connectivity index (χ0) is 13.8.